The lowest BCUT2D eigenvalue weighted by atomic mass is 10.1. The lowest BCUT2D eigenvalue weighted by molar-refractivity contribution is 0.201. The molecule has 0 saturated heterocycles. The lowest BCUT2D eigenvalue weighted by Crippen LogP contribution is -2.30. The molecule has 1 amide bonds. The molecule has 3 nitrogen and oxygen atoms in total. The molecule has 3 heteroatoms. The number of unbranched alkanes of at least 4 members (excludes halogenated alkanes) is 1. The predicted molar refractivity (Wildman–Crippen MR) is 70.7 cm³/mol. The van der Waals surface area contributed by atoms with Crippen LogP contribution in [0.15, 0.2) is 24.3 Å². The van der Waals surface area contributed by atoms with E-state index in [1.54, 1.807) is 0 Å². The second kappa shape index (κ2) is 6.94. The Morgan fingerprint density at radius 2 is 1.94 bits per heavy atom. The highest BCUT2D eigenvalue weighted by atomic mass is 16.4. The predicted octanol–water partition coefficient (Wildman–Crippen LogP) is 3.92. The molecule has 1 rings (SSSR count). The van der Waals surface area contributed by atoms with Gasteiger partial charge in [-0.05, 0) is 30.9 Å². The van der Waals surface area contributed by atoms with Gasteiger partial charge in [-0.2, -0.15) is 0 Å². The quantitative estimate of drug-likeness (QED) is 0.811. The maximum Gasteiger partial charge on any atom is 0.411 e. The normalized spacial score (nSPS) is 10.2. The molecule has 94 valence electrons. The maximum absolute atomic E-state index is 11.2. The summed E-state index contributed by atoms with van der Waals surface area (Å²) in [5.41, 5.74) is 1.97. The Balaban J connectivity index is 2.96. The van der Waals surface area contributed by atoms with Crippen LogP contribution in [0.4, 0.5) is 10.5 Å². The van der Waals surface area contributed by atoms with Gasteiger partial charge in [0.15, 0.2) is 0 Å². The molecule has 0 unspecified atom stereocenters. The Bertz CT molecular complexity index is 363. The molecule has 0 aliphatic carbocycles. The number of benzene rings is 1. The third-order valence-corrected chi connectivity index (χ3v) is 2.76. The molecule has 1 aromatic rings. The van der Waals surface area contributed by atoms with E-state index >= 15 is 0 Å². The lowest BCUT2D eigenvalue weighted by Gasteiger charge is -2.21. The topological polar surface area (TPSA) is 40.5 Å². The zero-order valence-electron chi connectivity index (χ0n) is 10.6. The fraction of sp³-hybridized carbons (Fsp3) is 0.500. The first kappa shape index (κ1) is 13.6. The number of amides is 1. The first-order chi connectivity index (χ1) is 8.20. The van der Waals surface area contributed by atoms with Crippen molar-refractivity contribution in [2.45, 2.75) is 39.5 Å². The van der Waals surface area contributed by atoms with Crippen molar-refractivity contribution in [1.82, 2.24) is 0 Å². The second-order valence-electron chi connectivity index (χ2n) is 4.17. The van der Waals surface area contributed by atoms with E-state index in [4.69, 9.17) is 0 Å². The SMILES string of the molecule is CCCCc1ccccc1N(CCC)C(=O)O. The van der Waals surface area contributed by atoms with Crippen LogP contribution in [-0.4, -0.2) is 17.7 Å². The molecule has 0 fully saturated rings. The zero-order valence-corrected chi connectivity index (χ0v) is 10.6. The van der Waals surface area contributed by atoms with Gasteiger partial charge in [0.25, 0.3) is 0 Å². The number of carbonyl (C=O) groups is 1. The molecule has 1 N–H and O–H groups in total. The van der Waals surface area contributed by atoms with Gasteiger partial charge in [-0.15, -0.1) is 0 Å². The van der Waals surface area contributed by atoms with Crippen molar-refractivity contribution in [2.75, 3.05) is 11.4 Å². The van der Waals surface area contributed by atoms with Gasteiger partial charge < -0.3 is 5.11 Å². The molecule has 1 aromatic carbocycles. The smallest absolute Gasteiger partial charge is 0.411 e. The van der Waals surface area contributed by atoms with E-state index in [2.05, 4.69) is 6.92 Å². The Hall–Kier alpha value is -1.51. The summed E-state index contributed by atoms with van der Waals surface area (Å²) >= 11 is 0. The molecule has 0 aliphatic rings. The van der Waals surface area contributed by atoms with Crippen LogP contribution in [0, 0.1) is 0 Å². The van der Waals surface area contributed by atoms with Crippen molar-refractivity contribution < 1.29 is 9.90 Å². The number of rotatable bonds is 6. The Labute approximate surface area is 103 Å². The van der Waals surface area contributed by atoms with Crippen LogP contribution in [0.25, 0.3) is 0 Å². The van der Waals surface area contributed by atoms with Crippen molar-refractivity contribution in [3.63, 3.8) is 0 Å². The molecule has 0 aliphatic heterocycles. The van der Waals surface area contributed by atoms with Gasteiger partial charge in [0.2, 0.25) is 0 Å². The minimum atomic E-state index is -0.865. The summed E-state index contributed by atoms with van der Waals surface area (Å²) < 4.78 is 0. The van der Waals surface area contributed by atoms with Crippen LogP contribution in [0.1, 0.15) is 38.7 Å². The van der Waals surface area contributed by atoms with Gasteiger partial charge in [-0.25, -0.2) is 4.79 Å². The molecular formula is C14H21NO2. The molecule has 0 aromatic heterocycles. The first-order valence-corrected chi connectivity index (χ1v) is 6.29. The van der Waals surface area contributed by atoms with E-state index in [0.29, 0.717) is 6.54 Å². The third-order valence-electron chi connectivity index (χ3n) is 2.76. The first-order valence-electron chi connectivity index (χ1n) is 6.29. The monoisotopic (exact) mass is 235 g/mol. The highest BCUT2D eigenvalue weighted by Gasteiger charge is 2.15. The van der Waals surface area contributed by atoms with Crippen LogP contribution in [0.5, 0.6) is 0 Å². The summed E-state index contributed by atoms with van der Waals surface area (Å²) in [6.45, 7) is 4.69. The van der Waals surface area contributed by atoms with E-state index in [1.165, 1.54) is 4.90 Å². The Morgan fingerprint density at radius 3 is 2.53 bits per heavy atom. The van der Waals surface area contributed by atoms with Crippen molar-refractivity contribution in [3.05, 3.63) is 29.8 Å². The third kappa shape index (κ3) is 3.77. The Kier molecular flexibility index (Phi) is 5.53. The molecule has 0 spiro atoms. The minimum absolute atomic E-state index is 0.554. The van der Waals surface area contributed by atoms with Crippen molar-refractivity contribution in [3.8, 4) is 0 Å². The van der Waals surface area contributed by atoms with E-state index in [1.807, 2.05) is 31.2 Å². The van der Waals surface area contributed by atoms with E-state index in [-0.39, 0.29) is 0 Å². The summed E-state index contributed by atoms with van der Waals surface area (Å²) in [5.74, 6) is 0. The molecule has 0 saturated carbocycles. The number of hydrogen-bond donors (Lipinski definition) is 1. The van der Waals surface area contributed by atoms with E-state index in [0.717, 1.165) is 36.9 Å². The van der Waals surface area contributed by atoms with Gasteiger partial charge in [0.05, 0.1) is 5.69 Å². The van der Waals surface area contributed by atoms with Crippen LogP contribution >= 0.6 is 0 Å². The van der Waals surface area contributed by atoms with Crippen molar-refractivity contribution in [1.29, 1.82) is 0 Å². The number of carboxylic acid groups (broad SMARTS) is 1. The van der Waals surface area contributed by atoms with Gasteiger partial charge in [0, 0.05) is 6.54 Å². The van der Waals surface area contributed by atoms with Crippen LogP contribution < -0.4 is 4.90 Å². The summed E-state index contributed by atoms with van der Waals surface area (Å²) in [6.07, 6.45) is 3.12. The average Bonchev–Trinajstić information content (AvgIpc) is 2.33. The van der Waals surface area contributed by atoms with Crippen molar-refractivity contribution >= 4 is 11.8 Å². The average molecular weight is 235 g/mol. The molecule has 0 bridgehead atoms. The molecule has 0 radical (unpaired) electrons. The maximum atomic E-state index is 11.2. The van der Waals surface area contributed by atoms with Crippen LogP contribution in [0.3, 0.4) is 0 Å². The second-order valence-corrected chi connectivity index (χ2v) is 4.17. The standard InChI is InChI=1S/C14H21NO2/c1-3-5-8-12-9-6-7-10-13(12)15(11-4-2)14(16)17/h6-7,9-10H,3-5,8,11H2,1-2H3,(H,16,17). The number of anilines is 1. The van der Waals surface area contributed by atoms with Crippen molar-refractivity contribution in [2.24, 2.45) is 0 Å². The molecule has 17 heavy (non-hydrogen) atoms. The summed E-state index contributed by atoms with van der Waals surface area (Å²) in [5, 5.41) is 9.23. The van der Waals surface area contributed by atoms with Gasteiger partial charge >= 0.3 is 6.09 Å². The van der Waals surface area contributed by atoms with E-state index < -0.39 is 6.09 Å². The van der Waals surface area contributed by atoms with Gasteiger partial charge in [0.1, 0.15) is 0 Å². The molecular weight excluding hydrogens is 214 g/mol. The number of nitrogens with zero attached hydrogens (tertiary/aromatic N) is 1. The van der Waals surface area contributed by atoms with Gasteiger partial charge in [-0.1, -0.05) is 38.5 Å². The summed E-state index contributed by atoms with van der Waals surface area (Å²) in [7, 11) is 0. The van der Waals surface area contributed by atoms with E-state index in [9.17, 15) is 9.90 Å². The largest absolute Gasteiger partial charge is 0.465 e. The Morgan fingerprint density at radius 1 is 1.24 bits per heavy atom. The fourth-order valence-corrected chi connectivity index (χ4v) is 1.90. The fourth-order valence-electron chi connectivity index (χ4n) is 1.90. The highest BCUT2D eigenvalue weighted by Crippen LogP contribution is 2.22. The summed E-state index contributed by atoms with van der Waals surface area (Å²) in [4.78, 5) is 12.7. The zero-order chi connectivity index (χ0) is 12.7. The summed E-state index contributed by atoms with van der Waals surface area (Å²) in [6, 6.07) is 7.79. The number of aryl methyl sites for hydroxylation is 1. The minimum Gasteiger partial charge on any atom is -0.465 e. The molecule has 0 atom stereocenters. The molecule has 0 heterocycles. The highest BCUT2D eigenvalue weighted by molar-refractivity contribution is 5.87. The van der Waals surface area contributed by atoms with Crippen LogP contribution in [-0.2, 0) is 6.42 Å². The van der Waals surface area contributed by atoms with Gasteiger partial charge in [-0.3, -0.25) is 4.90 Å². The number of hydrogen-bond acceptors (Lipinski definition) is 1. The number of para-hydroxylation sites is 1. The van der Waals surface area contributed by atoms with Crippen LogP contribution in [0.2, 0.25) is 0 Å².